The van der Waals surface area contributed by atoms with Gasteiger partial charge in [-0.25, -0.2) is 9.78 Å². The van der Waals surface area contributed by atoms with Gasteiger partial charge in [0.2, 0.25) is 11.0 Å². The fourth-order valence-corrected chi connectivity index (χ4v) is 4.81. The maximum atomic E-state index is 12.6. The lowest BCUT2D eigenvalue weighted by atomic mass is 9.85. The van der Waals surface area contributed by atoms with E-state index in [2.05, 4.69) is 10.3 Å². The Morgan fingerprint density at radius 3 is 2.70 bits per heavy atom. The van der Waals surface area contributed by atoms with Crippen LogP contribution in [0.3, 0.4) is 0 Å². The summed E-state index contributed by atoms with van der Waals surface area (Å²) in [7, 11) is 1.35. The summed E-state index contributed by atoms with van der Waals surface area (Å²) in [5.41, 5.74) is 4.14. The number of thiazole rings is 1. The third-order valence-electron chi connectivity index (χ3n) is 5.30. The number of nitrogens with zero attached hydrogens (tertiary/aromatic N) is 3. The van der Waals surface area contributed by atoms with Gasteiger partial charge in [0.1, 0.15) is 5.82 Å². The van der Waals surface area contributed by atoms with Crippen molar-refractivity contribution in [2.24, 2.45) is 0 Å². The Labute approximate surface area is 176 Å². The lowest BCUT2D eigenvalue weighted by Crippen LogP contribution is -2.25. The molecule has 3 heterocycles. The molecule has 1 aliphatic heterocycles. The van der Waals surface area contributed by atoms with Crippen molar-refractivity contribution in [1.82, 2.24) is 14.8 Å². The van der Waals surface area contributed by atoms with E-state index < -0.39 is 0 Å². The normalized spacial score (nSPS) is 15.7. The summed E-state index contributed by atoms with van der Waals surface area (Å²) in [6.45, 7) is 1.94. The Hall–Kier alpha value is -3.52. The zero-order valence-corrected chi connectivity index (χ0v) is 17.2. The second kappa shape index (κ2) is 7.07. The molecule has 0 radical (unpaired) electrons. The van der Waals surface area contributed by atoms with Gasteiger partial charge in [0.05, 0.1) is 28.6 Å². The third-order valence-corrected chi connectivity index (χ3v) is 6.31. The highest BCUT2D eigenvalue weighted by molar-refractivity contribution is 7.20. The predicted octanol–water partition coefficient (Wildman–Crippen LogP) is 4.05. The molecule has 0 bridgehead atoms. The van der Waals surface area contributed by atoms with Crippen LogP contribution in [0.25, 0.3) is 15.3 Å². The molecular formula is C22H18N4O3S. The van der Waals surface area contributed by atoms with Crippen molar-refractivity contribution in [3.8, 4) is 5.13 Å². The monoisotopic (exact) mass is 418 g/mol. The van der Waals surface area contributed by atoms with Crippen molar-refractivity contribution < 1.29 is 14.3 Å². The van der Waals surface area contributed by atoms with Crippen LogP contribution in [-0.2, 0) is 9.53 Å². The summed E-state index contributed by atoms with van der Waals surface area (Å²) < 4.78 is 7.56. The Kier molecular flexibility index (Phi) is 4.36. The first-order valence-corrected chi connectivity index (χ1v) is 10.3. The molecule has 0 saturated carbocycles. The zero-order valence-electron chi connectivity index (χ0n) is 16.4. The molecule has 0 spiro atoms. The van der Waals surface area contributed by atoms with Gasteiger partial charge in [-0.2, -0.15) is 9.78 Å². The molecule has 4 aromatic rings. The van der Waals surface area contributed by atoms with Crippen molar-refractivity contribution in [2.45, 2.75) is 19.3 Å². The van der Waals surface area contributed by atoms with Crippen LogP contribution in [0.1, 0.15) is 39.5 Å². The van der Waals surface area contributed by atoms with Gasteiger partial charge in [-0.05, 0) is 36.8 Å². The number of hydrogen-bond acceptors (Lipinski definition) is 6. The Balaban J connectivity index is 1.60. The lowest BCUT2D eigenvalue weighted by molar-refractivity contribution is -0.116. The second-order valence-corrected chi connectivity index (χ2v) is 8.15. The van der Waals surface area contributed by atoms with Gasteiger partial charge in [0, 0.05) is 17.9 Å². The minimum absolute atomic E-state index is 0.0770. The van der Waals surface area contributed by atoms with Gasteiger partial charge in [0.15, 0.2) is 0 Å². The van der Waals surface area contributed by atoms with Crippen LogP contribution < -0.4 is 5.32 Å². The number of aryl methyl sites for hydroxylation is 1. The molecule has 0 saturated heterocycles. The van der Waals surface area contributed by atoms with E-state index in [0.717, 1.165) is 27.0 Å². The number of fused-ring (bicyclic) bond motifs is 2. The maximum Gasteiger partial charge on any atom is 0.337 e. The lowest BCUT2D eigenvalue weighted by Gasteiger charge is -2.24. The first-order valence-electron chi connectivity index (χ1n) is 9.48. The molecule has 7 nitrogen and oxygen atoms in total. The number of ether oxygens (including phenoxy) is 1. The number of carbonyl (C=O) groups excluding carboxylic acids is 2. The van der Waals surface area contributed by atoms with Crippen molar-refractivity contribution in [3.63, 3.8) is 0 Å². The number of rotatable bonds is 3. The summed E-state index contributed by atoms with van der Waals surface area (Å²) in [6.07, 6.45) is 0.316. The molecule has 1 amide bonds. The second-order valence-electron chi connectivity index (χ2n) is 7.14. The van der Waals surface area contributed by atoms with Gasteiger partial charge in [-0.15, -0.1) is 0 Å². The molecule has 1 unspecified atom stereocenters. The van der Waals surface area contributed by atoms with E-state index in [4.69, 9.17) is 9.84 Å². The van der Waals surface area contributed by atoms with Gasteiger partial charge in [-0.3, -0.25) is 4.79 Å². The van der Waals surface area contributed by atoms with E-state index >= 15 is 0 Å². The van der Waals surface area contributed by atoms with Crippen LogP contribution in [0.2, 0.25) is 0 Å². The van der Waals surface area contributed by atoms with Crippen molar-refractivity contribution in [2.75, 3.05) is 12.4 Å². The number of amides is 1. The van der Waals surface area contributed by atoms with Crippen LogP contribution in [0.4, 0.5) is 5.82 Å². The minimum Gasteiger partial charge on any atom is -0.465 e. The van der Waals surface area contributed by atoms with E-state index in [-0.39, 0.29) is 17.8 Å². The van der Waals surface area contributed by atoms with Gasteiger partial charge >= 0.3 is 5.97 Å². The smallest absolute Gasteiger partial charge is 0.337 e. The maximum absolute atomic E-state index is 12.6. The first-order chi connectivity index (χ1) is 14.5. The van der Waals surface area contributed by atoms with Crippen LogP contribution in [0, 0.1) is 6.92 Å². The van der Waals surface area contributed by atoms with E-state index in [0.29, 0.717) is 22.9 Å². The quantitative estimate of drug-likeness (QED) is 0.507. The number of anilines is 1. The highest BCUT2D eigenvalue weighted by atomic mass is 32.1. The Morgan fingerprint density at radius 1 is 1.20 bits per heavy atom. The van der Waals surface area contributed by atoms with E-state index in [1.54, 1.807) is 16.8 Å². The summed E-state index contributed by atoms with van der Waals surface area (Å²) >= 11 is 1.53. The third kappa shape index (κ3) is 2.96. The van der Waals surface area contributed by atoms with E-state index in [1.165, 1.54) is 18.4 Å². The number of esters is 1. The topological polar surface area (TPSA) is 86.1 Å². The predicted molar refractivity (Wildman–Crippen MR) is 114 cm³/mol. The van der Waals surface area contributed by atoms with Crippen LogP contribution in [-0.4, -0.2) is 33.8 Å². The average Bonchev–Trinajstić information content (AvgIpc) is 3.33. The first kappa shape index (κ1) is 18.5. The SMILES string of the molecule is COC(=O)c1ccc(C2CC(=O)Nc3c2c(C)nn3-c2nc3ccccc3s2)cc1. The molecule has 2 aromatic heterocycles. The standard InChI is InChI=1S/C22H18N4O3S/c1-12-19-15(13-7-9-14(10-8-13)21(28)29-2)11-18(27)24-20(19)26(25-12)22-23-16-5-3-4-6-17(16)30-22/h3-10,15H,11H2,1-2H3,(H,24,27). The molecule has 30 heavy (non-hydrogen) atoms. The molecule has 150 valence electrons. The molecule has 0 aliphatic carbocycles. The number of benzene rings is 2. The molecule has 8 heteroatoms. The number of nitrogens with one attached hydrogen (secondary N) is 1. The van der Waals surface area contributed by atoms with Crippen molar-refractivity contribution in [1.29, 1.82) is 0 Å². The average molecular weight is 418 g/mol. The highest BCUT2D eigenvalue weighted by Gasteiger charge is 2.33. The van der Waals surface area contributed by atoms with E-state index in [9.17, 15) is 9.59 Å². The van der Waals surface area contributed by atoms with E-state index in [1.807, 2.05) is 43.3 Å². The summed E-state index contributed by atoms with van der Waals surface area (Å²) in [5.74, 6) is 0.0451. The highest BCUT2D eigenvalue weighted by Crippen LogP contribution is 2.41. The molecular weight excluding hydrogens is 400 g/mol. The summed E-state index contributed by atoms with van der Waals surface area (Å²) in [5, 5.41) is 8.40. The number of hydrogen-bond donors (Lipinski definition) is 1. The number of para-hydroxylation sites is 1. The fraction of sp³-hybridized carbons (Fsp3) is 0.182. The number of aromatic nitrogens is 3. The van der Waals surface area contributed by atoms with Crippen LogP contribution in [0.5, 0.6) is 0 Å². The molecule has 0 fully saturated rings. The molecule has 1 N–H and O–H groups in total. The Bertz CT molecular complexity index is 1260. The Morgan fingerprint density at radius 2 is 1.97 bits per heavy atom. The number of carbonyl (C=O) groups is 2. The minimum atomic E-state index is -0.386. The van der Waals surface area contributed by atoms with Crippen LogP contribution in [0.15, 0.2) is 48.5 Å². The largest absolute Gasteiger partial charge is 0.465 e. The van der Waals surface area contributed by atoms with Gasteiger partial charge in [-0.1, -0.05) is 35.6 Å². The van der Waals surface area contributed by atoms with Gasteiger partial charge < -0.3 is 10.1 Å². The molecule has 1 atom stereocenters. The zero-order chi connectivity index (χ0) is 20.8. The van der Waals surface area contributed by atoms with Crippen LogP contribution >= 0.6 is 11.3 Å². The number of methoxy groups -OCH3 is 1. The fourth-order valence-electron chi connectivity index (χ4n) is 3.89. The van der Waals surface area contributed by atoms with Crippen molar-refractivity contribution in [3.05, 3.63) is 70.9 Å². The van der Waals surface area contributed by atoms with Crippen molar-refractivity contribution >= 4 is 39.2 Å². The molecule has 1 aliphatic rings. The summed E-state index contributed by atoms with van der Waals surface area (Å²) in [6, 6.07) is 15.1. The van der Waals surface area contributed by atoms with Gasteiger partial charge in [0.25, 0.3) is 0 Å². The summed E-state index contributed by atoms with van der Waals surface area (Å²) in [4.78, 5) is 29.0. The molecule has 2 aromatic carbocycles. The molecule has 5 rings (SSSR count).